The monoisotopic (exact) mass is 182 g/mol. The first-order valence-corrected chi connectivity index (χ1v) is 3.38. The van der Waals surface area contributed by atoms with Crippen LogP contribution in [0.4, 0.5) is 10.4 Å². The summed E-state index contributed by atoms with van der Waals surface area (Å²) in [7, 11) is 0. The zero-order chi connectivity index (χ0) is 9.42. The summed E-state index contributed by atoms with van der Waals surface area (Å²) in [5, 5.41) is 10.2. The SMILES string of the molecule is O=[N+]([O-])c1nc2cccc(F)c2o1. The van der Waals surface area contributed by atoms with Gasteiger partial charge in [-0.2, -0.15) is 0 Å². The third-order valence-electron chi connectivity index (χ3n) is 1.51. The van der Waals surface area contributed by atoms with E-state index in [-0.39, 0.29) is 11.1 Å². The van der Waals surface area contributed by atoms with Crippen LogP contribution in [0.25, 0.3) is 11.1 Å². The highest BCUT2D eigenvalue weighted by Crippen LogP contribution is 2.22. The molecule has 1 aromatic carbocycles. The Hall–Kier alpha value is -1.98. The molecule has 0 aliphatic heterocycles. The zero-order valence-corrected chi connectivity index (χ0v) is 6.23. The Morgan fingerprint density at radius 3 is 2.92 bits per heavy atom. The second-order valence-electron chi connectivity index (χ2n) is 2.34. The molecule has 0 N–H and O–H groups in total. The van der Waals surface area contributed by atoms with Gasteiger partial charge in [0.25, 0.3) is 0 Å². The maximum Gasteiger partial charge on any atom is 0.546 e. The fourth-order valence-corrected chi connectivity index (χ4v) is 0.982. The van der Waals surface area contributed by atoms with E-state index in [4.69, 9.17) is 0 Å². The maximum absolute atomic E-state index is 12.9. The highest BCUT2D eigenvalue weighted by molar-refractivity contribution is 5.73. The van der Waals surface area contributed by atoms with E-state index in [1.165, 1.54) is 12.1 Å². The zero-order valence-electron chi connectivity index (χ0n) is 6.23. The lowest BCUT2D eigenvalue weighted by molar-refractivity contribution is -0.406. The second kappa shape index (κ2) is 2.51. The fraction of sp³-hybridized carbons (Fsp3) is 0. The van der Waals surface area contributed by atoms with Crippen LogP contribution >= 0.6 is 0 Å². The first-order chi connectivity index (χ1) is 6.18. The third-order valence-corrected chi connectivity index (χ3v) is 1.51. The summed E-state index contributed by atoms with van der Waals surface area (Å²) >= 11 is 0. The van der Waals surface area contributed by atoms with Crippen molar-refractivity contribution in [3.63, 3.8) is 0 Å². The van der Waals surface area contributed by atoms with E-state index in [9.17, 15) is 14.5 Å². The van der Waals surface area contributed by atoms with Crippen LogP contribution in [0.1, 0.15) is 0 Å². The van der Waals surface area contributed by atoms with Crippen LogP contribution in [0.2, 0.25) is 0 Å². The van der Waals surface area contributed by atoms with E-state index in [0.29, 0.717) is 0 Å². The molecule has 0 fully saturated rings. The van der Waals surface area contributed by atoms with Crippen molar-refractivity contribution in [1.29, 1.82) is 0 Å². The van der Waals surface area contributed by atoms with Crippen LogP contribution in [-0.2, 0) is 0 Å². The number of hydrogen-bond donors (Lipinski definition) is 0. The van der Waals surface area contributed by atoms with Gasteiger partial charge in [-0.15, -0.1) is 0 Å². The van der Waals surface area contributed by atoms with Crippen LogP contribution in [0.15, 0.2) is 22.6 Å². The van der Waals surface area contributed by atoms with Gasteiger partial charge in [0.15, 0.2) is 5.82 Å². The Balaban J connectivity index is 2.75. The largest absolute Gasteiger partial charge is 0.546 e. The second-order valence-corrected chi connectivity index (χ2v) is 2.34. The predicted molar refractivity (Wildman–Crippen MR) is 40.6 cm³/mol. The predicted octanol–water partition coefficient (Wildman–Crippen LogP) is 1.88. The minimum atomic E-state index is -0.806. The van der Waals surface area contributed by atoms with Gasteiger partial charge in [0.1, 0.15) is 0 Å². The van der Waals surface area contributed by atoms with Crippen molar-refractivity contribution < 1.29 is 13.7 Å². The molecule has 0 unspecified atom stereocenters. The Morgan fingerprint density at radius 2 is 2.31 bits per heavy atom. The van der Waals surface area contributed by atoms with Crippen molar-refractivity contribution in [1.82, 2.24) is 4.98 Å². The number of fused-ring (bicyclic) bond motifs is 1. The van der Waals surface area contributed by atoms with Crippen molar-refractivity contribution in [2.24, 2.45) is 0 Å². The molecule has 2 rings (SSSR count). The van der Waals surface area contributed by atoms with Gasteiger partial charge in [-0.1, -0.05) is 6.07 Å². The van der Waals surface area contributed by atoms with Gasteiger partial charge < -0.3 is 14.5 Å². The average Bonchev–Trinajstić information content (AvgIpc) is 2.49. The normalized spacial score (nSPS) is 10.5. The Kier molecular flexibility index (Phi) is 1.48. The molecule has 0 radical (unpaired) electrons. The van der Waals surface area contributed by atoms with Crippen LogP contribution in [0.3, 0.4) is 0 Å². The summed E-state index contributed by atoms with van der Waals surface area (Å²) in [5.41, 5.74) is -0.0408. The molecule has 1 heterocycles. The molecule has 0 bridgehead atoms. The van der Waals surface area contributed by atoms with Crippen LogP contribution in [0, 0.1) is 15.9 Å². The van der Waals surface area contributed by atoms with Crippen LogP contribution < -0.4 is 0 Å². The van der Waals surface area contributed by atoms with E-state index in [1.54, 1.807) is 0 Å². The molecule has 0 amide bonds. The van der Waals surface area contributed by atoms with Crippen molar-refractivity contribution in [2.75, 3.05) is 0 Å². The number of halogens is 1. The number of para-hydroxylation sites is 1. The summed E-state index contributed by atoms with van der Waals surface area (Å²) in [6, 6.07) is 3.30. The summed E-state index contributed by atoms with van der Waals surface area (Å²) in [4.78, 5) is 12.9. The molecule has 0 aliphatic carbocycles. The van der Waals surface area contributed by atoms with Gasteiger partial charge >= 0.3 is 6.01 Å². The molecular formula is C7H3FN2O3. The average molecular weight is 182 g/mol. The molecule has 13 heavy (non-hydrogen) atoms. The molecule has 2 aromatic rings. The van der Waals surface area contributed by atoms with Crippen LogP contribution in [0.5, 0.6) is 0 Å². The summed E-state index contributed by atoms with van der Waals surface area (Å²) in [6.07, 6.45) is 0. The van der Waals surface area contributed by atoms with Crippen LogP contribution in [-0.4, -0.2) is 9.91 Å². The van der Waals surface area contributed by atoms with Crippen molar-refractivity contribution in [2.45, 2.75) is 0 Å². The lowest BCUT2D eigenvalue weighted by atomic mass is 10.3. The number of nitro groups is 1. The number of oxazole rings is 1. The summed E-state index contributed by atoms with van der Waals surface area (Å²) in [5.74, 6) is -0.655. The van der Waals surface area contributed by atoms with Gasteiger partial charge in [0, 0.05) is 9.91 Å². The van der Waals surface area contributed by atoms with Gasteiger partial charge in [0.2, 0.25) is 11.1 Å². The molecule has 6 heteroatoms. The molecular weight excluding hydrogens is 179 g/mol. The third kappa shape index (κ3) is 1.12. The highest BCUT2D eigenvalue weighted by Gasteiger charge is 2.19. The summed E-state index contributed by atoms with van der Waals surface area (Å²) < 4.78 is 17.5. The minimum Gasteiger partial charge on any atom is -0.378 e. The smallest absolute Gasteiger partial charge is 0.378 e. The first kappa shape index (κ1) is 7.66. The van der Waals surface area contributed by atoms with Crippen molar-refractivity contribution in [3.8, 4) is 0 Å². The van der Waals surface area contributed by atoms with Gasteiger partial charge in [-0.3, -0.25) is 0 Å². The number of aromatic nitrogens is 1. The fourth-order valence-electron chi connectivity index (χ4n) is 0.982. The topological polar surface area (TPSA) is 69.2 Å². The Labute approximate surface area is 70.9 Å². The summed E-state index contributed by atoms with van der Waals surface area (Å²) in [6.45, 7) is 0. The quantitative estimate of drug-likeness (QED) is 0.498. The van der Waals surface area contributed by atoms with E-state index in [1.807, 2.05) is 0 Å². The molecule has 0 aliphatic rings. The highest BCUT2D eigenvalue weighted by atomic mass is 19.1. The molecule has 0 saturated heterocycles. The number of benzene rings is 1. The molecule has 0 saturated carbocycles. The van der Waals surface area contributed by atoms with E-state index < -0.39 is 16.8 Å². The van der Waals surface area contributed by atoms with Gasteiger partial charge in [0.05, 0.1) is 0 Å². The molecule has 1 aromatic heterocycles. The van der Waals surface area contributed by atoms with E-state index in [2.05, 4.69) is 9.40 Å². The van der Waals surface area contributed by atoms with E-state index in [0.717, 1.165) is 6.07 Å². The molecule has 0 atom stereocenters. The minimum absolute atomic E-state index is 0.145. The molecule has 0 spiro atoms. The standard InChI is InChI=1S/C7H3FN2O3/c8-4-2-1-3-5-6(4)13-7(9-5)10(11)12/h1-3H. The van der Waals surface area contributed by atoms with Gasteiger partial charge in [-0.05, 0) is 12.1 Å². The maximum atomic E-state index is 12.9. The lowest BCUT2D eigenvalue weighted by Crippen LogP contribution is -1.85. The van der Waals surface area contributed by atoms with E-state index >= 15 is 0 Å². The molecule has 5 nitrogen and oxygen atoms in total. The Morgan fingerprint density at radius 1 is 1.54 bits per heavy atom. The number of rotatable bonds is 1. The number of nitrogens with zero attached hydrogens (tertiary/aromatic N) is 2. The van der Waals surface area contributed by atoms with Crippen molar-refractivity contribution >= 4 is 17.1 Å². The van der Waals surface area contributed by atoms with Gasteiger partial charge in [-0.25, -0.2) is 4.39 Å². The number of hydrogen-bond acceptors (Lipinski definition) is 4. The Bertz CT molecular complexity index is 480. The first-order valence-electron chi connectivity index (χ1n) is 3.38. The van der Waals surface area contributed by atoms with Crippen molar-refractivity contribution in [3.05, 3.63) is 34.1 Å². The molecule has 66 valence electrons. The lowest BCUT2D eigenvalue weighted by Gasteiger charge is -1.83.